The molecule has 2 aliphatic heterocycles. The number of thioether (sulfide) groups is 1. The fourth-order valence-corrected chi connectivity index (χ4v) is 4.71. The van der Waals surface area contributed by atoms with Crippen LogP contribution in [0.5, 0.6) is 0 Å². The minimum atomic E-state index is -1.38. The summed E-state index contributed by atoms with van der Waals surface area (Å²) >= 11 is 1.52. The number of benzene rings is 1. The number of H-pyrrole nitrogens is 1. The predicted octanol–water partition coefficient (Wildman–Crippen LogP) is 2.06. The Morgan fingerprint density at radius 1 is 1.46 bits per heavy atom. The Labute approximate surface area is 141 Å². The van der Waals surface area contributed by atoms with Crippen LogP contribution in [0, 0.1) is 0 Å². The third-order valence-corrected chi connectivity index (χ3v) is 5.80. The van der Waals surface area contributed by atoms with Gasteiger partial charge in [0.15, 0.2) is 6.23 Å². The maximum atomic E-state index is 12.5. The number of hydrogen-bond acceptors (Lipinski definition) is 6. The number of fused-ring (bicyclic) bond motifs is 2. The van der Waals surface area contributed by atoms with Gasteiger partial charge in [-0.05, 0) is 26.0 Å². The van der Waals surface area contributed by atoms with E-state index < -0.39 is 23.2 Å². The van der Waals surface area contributed by atoms with E-state index in [0.29, 0.717) is 5.95 Å². The zero-order valence-electron chi connectivity index (χ0n) is 13.0. The highest BCUT2D eigenvalue weighted by atomic mass is 32.2. The number of nitrogens with zero attached hydrogens (tertiary/aromatic N) is 2. The highest BCUT2D eigenvalue weighted by Crippen LogP contribution is 2.51. The molecule has 0 spiro atoms. The van der Waals surface area contributed by atoms with Crippen molar-refractivity contribution in [1.82, 2.24) is 14.9 Å². The van der Waals surface area contributed by atoms with Gasteiger partial charge in [-0.2, -0.15) is 0 Å². The number of hydrogen-bond donors (Lipinski definition) is 3. The summed E-state index contributed by atoms with van der Waals surface area (Å²) in [4.78, 5) is 32.4. The Morgan fingerprint density at radius 2 is 2.21 bits per heavy atom. The lowest BCUT2D eigenvalue weighted by Crippen LogP contribution is -2.67. The normalized spacial score (nSPS) is 27.7. The van der Waals surface area contributed by atoms with E-state index in [1.807, 2.05) is 38.1 Å². The molecular formula is C15H16N4O4S. The summed E-state index contributed by atoms with van der Waals surface area (Å²) in [7, 11) is 0. The van der Waals surface area contributed by atoms with Crippen LogP contribution >= 0.6 is 11.8 Å². The van der Waals surface area contributed by atoms with Crippen LogP contribution in [0.3, 0.4) is 0 Å². The van der Waals surface area contributed by atoms with Crippen molar-refractivity contribution in [2.24, 2.45) is 0 Å². The number of nitrogens with one attached hydrogen (secondary N) is 2. The second-order valence-electron chi connectivity index (χ2n) is 6.32. The SMILES string of the molecule is CC1(C)S[C@H]2C(Nc3nc4ccccc4[nH]3)C(=O)N2C1OC(=O)O. The second kappa shape index (κ2) is 5.04. The highest BCUT2D eigenvalue weighted by molar-refractivity contribution is 8.01. The van der Waals surface area contributed by atoms with E-state index in [1.165, 1.54) is 16.7 Å². The molecule has 1 aromatic heterocycles. The van der Waals surface area contributed by atoms with Crippen LogP contribution in [0.25, 0.3) is 11.0 Å². The zero-order chi connectivity index (χ0) is 17.1. The monoisotopic (exact) mass is 348 g/mol. The van der Waals surface area contributed by atoms with Gasteiger partial charge in [0.05, 0.1) is 15.8 Å². The maximum absolute atomic E-state index is 12.5. The molecule has 24 heavy (non-hydrogen) atoms. The Balaban J connectivity index is 1.54. The van der Waals surface area contributed by atoms with Gasteiger partial charge in [0.25, 0.3) is 5.91 Å². The van der Waals surface area contributed by atoms with E-state index >= 15 is 0 Å². The quantitative estimate of drug-likeness (QED) is 0.575. The number of aromatic nitrogens is 2. The van der Waals surface area contributed by atoms with E-state index in [1.54, 1.807) is 0 Å². The molecule has 0 aliphatic carbocycles. The molecule has 9 heteroatoms. The van der Waals surface area contributed by atoms with E-state index in [0.717, 1.165) is 11.0 Å². The number of aromatic amines is 1. The first-order chi connectivity index (χ1) is 11.4. The third kappa shape index (κ3) is 2.19. The minimum Gasteiger partial charge on any atom is -0.450 e. The van der Waals surface area contributed by atoms with Crippen LogP contribution in [0.1, 0.15) is 13.8 Å². The van der Waals surface area contributed by atoms with Crippen LogP contribution in [0.15, 0.2) is 24.3 Å². The maximum Gasteiger partial charge on any atom is 0.507 e. The van der Waals surface area contributed by atoms with Crippen molar-refractivity contribution in [2.45, 2.75) is 36.2 Å². The van der Waals surface area contributed by atoms with E-state index in [9.17, 15) is 9.59 Å². The van der Waals surface area contributed by atoms with Gasteiger partial charge in [-0.15, -0.1) is 11.8 Å². The third-order valence-electron chi connectivity index (χ3n) is 4.25. The molecule has 2 aliphatic rings. The smallest absolute Gasteiger partial charge is 0.450 e. The fourth-order valence-electron chi connectivity index (χ4n) is 3.16. The zero-order valence-corrected chi connectivity index (χ0v) is 13.8. The largest absolute Gasteiger partial charge is 0.507 e. The van der Waals surface area contributed by atoms with Gasteiger partial charge in [0.2, 0.25) is 5.95 Å². The first-order valence-electron chi connectivity index (χ1n) is 7.48. The molecule has 0 saturated carbocycles. The molecular weight excluding hydrogens is 332 g/mol. The Bertz CT molecular complexity index is 803. The standard InChI is InChI=1S/C15H16N4O4S/c1-15(2)12(23-14(21)22)19-10(20)9(11(19)24-15)18-13-16-7-5-3-4-6-8(7)17-13/h3-6,9,11-12H,1-2H3,(H,21,22)(H2,16,17,18)/t9?,11-,12?/m0/s1. The molecule has 3 atom stereocenters. The van der Waals surface area contributed by atoms with E-state index in [4.69, 9.17) is 9.84 Å². The van der Waals surface area contributed by atoms with Crippen LogP contribution in [-0.4, -0.2) is 54.4 Å². The number of rotatable bonds is 3. The molecule has 126 valence electrons. The summed E-state index contributed by atoms with van der Waals surface area (Å²) in [6, 6.07) is 7.14. The molecule has 2 unspecified atom stereocenters. The van der Waals surface area contributed by atoms with Gasteiger partial charge < -0.3 is 20.1 Å². The van der Waals surface area contributed by atoms with Gasteiger partial charge in [-0.3, -0.25) is 9.69 Å². The summed E-state index contributed by atoms with van der Waals surface area (Å²) in [6.45, 7) is 3.74. The van der Waals surface area contributed by atoms with E-state index in [2.05, 4.69) is 15.3 Å². The van der Waals surface area contributed by atoms with Crippen molar-refractivity contribution in [1.29, 1.82) is 0 Å². The average molecular weight is 348 g/mol. The van der Waals surface area contributed by atoms with Crippen molar-refractivity contribution < 1.29 is 19.4 Å². The summed E-state index contributed by atoms with van der Waals surface area (Å²) in [5.41, 5.74) is 1.70. The Hall–Kier alpha value is -2.42. The summed E-state index contributed by atoms with van der Waals surface area (Å²) in [5, 5.41) is 11.8. The molecule has 1 amide bonds. The van der Waals surface area contributed by atoms with Crippen molar-refractivity contribution in [2.75, 3.05) is 5.32 Å². The summed E-state index contributed by atoms with van der Waals surface area (Å²) in [6.07, 6.45) is -2.16. The van der Waals surface area contributed by atoms with Crippen LogP contribution in [0.4, 0.5) is 10.7 Å². The highest BCUT2D eigenvalue weighted by Gasteiger charge is 2.63. The van der Waals surface area contributed by atoms with Crippen molar-refractivity contribution in [3.8, 4) is 0 Å². The fraction of sp³-hybridized carbons (Fsp3) is 0.400. The van der Waals surface area contributed by atoms with Gasteiger partial charge in [-0.1, -0.05) is 12.1 Å². The van der Waals surface area contributed by atoms with Crippen molar-refractivity contribution in [3.05, 3.63) is 24.3 Å². The number of ether oxygens (including phenoxy) is 1. The predicted molar refractivity (Wildman–Crippen MR) is 88.7 cm³/mol. The van der Waals surface area contributed by atoms with Crippen molar-refractivity contribution >= 4 is 40.8 Å². The Kier molecular flexibility index (Phi) is 3.17. The molecule has 0 bridgehead atoms. The van der Waals surface area contributed by atoms with Gasteiger partial charge in [-0.25, -0.2) is 9.78 Å². The molecule has 8 nitrogen and oxygen atoms in total. The first-order valence-corrected chi connectivity index (χ1v) is 8.36. The van der Waals surface area contributed by atoms with Gasteiger partial charge in [0, 0.05) is 0 Å². The average Bonchev–Trinajstić information content (AvgIpc) is 3.02. The number of carbonyl (C=O) groups is 2. The number of para-hydroxylation sites is 2. The first kappa shape index (κ1) is 15.1. The summed E-state index contributed by atoms with van der Waals surface area (Å²) in [5.74, 6) is 0.333. The number of anilines is 1. The summed E-state index contributed by atoms with van der Waals surface area (Å²) < 4.78 is 4.42. The van der Waals surface area contributed by atoms with Crippen LogP contribution in [0.2, 0.25) is 0 Å². The molecule has 2 saturated heterocycles. The number of carbonyl (C=O) groups excluding carboxylic acids is 1. The van der Waals surface area contributed by atoms with Crippen LogP contribution < -0.4 is 5.32 Å². The van der Waals surface area contributed by atoms with Crippen LogP contribution in [-0.2, 0) is 9.53 Å². The number of amides is 1. The van der Waals surface area contributed by atoms with Gasteiger partial charge >= 0.3 is 6.16 Å². The lowest BCUT2D eigenvalue weighted by atomic mass is 10.0. The van der Waals surface area contributed by atoms with E-state index in [-0.39, 0.29) is 11.3 Å². The molecule has 3 N–H and O–H groups in total. The topological polar surface area (TPSA) is 108 Å². The molecule has 3 heterocycles. The second-order valence-corrected chi connectivity index (χ2v) is 8.09. The molecule has 2 fully saturated rings. The van der Waals surface area contributed by atoms with Gasteiger partial charge in [0.1, 0.15) is 11.4 Å². The number of carboxylic acid groups (broad SMARTS) is 1. The lowest BCUT2D eigenvalue weighted by Gasteiger charge is -2.43. The number of imidazole rings is 1. The minimum absolute atomic E-state index is 0.190. The lowest BCUT2D eigenvalue weighted by molar-refractivity contribution is -0.158. The molecule has 1 aromatic carbocycles. The molecule has 0 radical (unpaired) electrons. The molecule has 2 aromatic rings. The number of β-lactam (4-membered cyclic amide) rings is 1. The Morgan fingerprint density at radius 3 is 2.92 bits per heavy atom. The van der Waals surface area contributed by atoms with Crippen molar-refractivity contribution in [3.63, 3.8) is 0 Å². The molecule has 4 rings (SSSR count).